The van der Waals surface area contributed by atoms with Gasteiger partial charge in [0.1, 0.15) is 5.82 Å². The maximum Gasteiger partial charge on any atom is 0.239 e. The first-order chi connectivity index (χ1) is 8.52. The molecule has 0 aliphatic heterocycles. The summed E-state index contributed by atoms with van der Waals surface area (Å²) >= 11 is 0. The summed E-state index contributed by atoms with van der Waals surface area (Å²) in [6, 6.07) is 3.58. The highest BCUT2D eigenvalue weighted by molar-refractivity contribution is 5.53. The van der Waals surface area contributed by atoms with E-state index in [0.717, 1.165) is 0 Å². The van der Waals surface area contributed by atoms with E-state index in [4.69, 9.17) is 15.6 Å². The van der Waals surface area contributed by atoms with E-state index in [0.29, 0.717) is 36.5 Å². The van der Waals surface area contributed by atoms with Crippen molar-refractivity contribution in [3.05, 3.63) is 12.1 Å². The number of hydrogen-bond donors (Lipinski definition) is 3. The second-order valence-corrected chi connectivity index (χ2v) is 4.96. The van der Waals surface area contributed by atoms with E-state index in [1.54, 1.807) is 6.07 Å². The Morgan fingerprint density at radius 3 is 2.72 bits per heavy atom. The lowest BCUT2D eigenvalue weighted by Gasteiger charge is -2.13. The van der Waals surface area contributed by atoms with Gasteiger partial charge in [-0.05, 0) is 24.0 Å². The Bertz CT molecular complexity index is 369. The Labute approximate surface area is 108 Å². The van der Waals surface area contributed by atoms with Crippen LogP contribution >= 0.6 is 0 Å². The molecule has 0 radical (unpaired) electrons. The third-order valence-electron chi connectivity index (χ3n) is 2.39. The summed E-state index contributed by atoms with van der Waals surface area (Å²) in [7, 11) is 0. The number of pyridine rings is 1. The first-order valence-electron chi connectivity index (χ1n) is 6.27. The van der Waals surface area contributed by atoms with E-state index in [2.05, 4.69) is 24.1 Å². The fourth-order valence-electron chi connectivity index (χ4n) is 1.25. The molecule has 0 fully saturated rings. The Hall–Kier alpha value is -1.49. The van der Waals surface area contributed by atoms with Gasteiger partial charge in [0.2, 0.25) is 5.88 Å². The highest BCUT2D eigenvalue weighted by Gasteiger charge is 2.06. The Balaban J connectivity index is 2.62. The summed E-state index contributed by atoms with van der Waals surface area (Å²) in [5.74, 6) is 1.79. The summed E-state index contributed by atoms with van der Waals surface area (Å²) in [4.78, 5) is 4.31. The van der Waals surface area contributed by atoms with Gasteiger partial charge in [-0.1, -0.05) is 20.8 Å². The molecule has 0 spiro atoms. The van der Waals surface area contributed by atoms with E-state index in [-0.39, 0.29) is 12.5 Å². The molecule has 5 nitrogen and oxygen atoms in total. The van der Waals surface area contributed by atoms with Crippen LogP contribution in [0.2, 0.25) is 0 Å². The Morgan fingerprint density at radius 1 is 1.39 bits per heavy atom. The quantitative estimate of drug-likeness (QED) is 0.689. The minimum absolute atomic E-state index is 0.151. The highest BCUT2D eigenvalue weighted by Crippen LogP contribution is 2.21. The van der Waals surface area contributed by atoms with Crippen molar-refractivity contribution in [1.82, 2.24) is 4.98 Å². The molecule has 18 heavy (non-hydrogen) atoms. The van der Waals surface area contributed by atoms with Gasteiger partial charge >= 0.3 is 0 Å². The molecule has 0 saturated carbocycles. The molecule has 0 bridgehead atoms. The molecule has 1 aromatic heterocycles. The summed E-state index contributed by atoms with van der Waals surface area (Å²) < 4.78 is 5.55. The van der Waals surface area contributed by atoms with Gasteiger partial charge in [0.05, 0.1) is 12.3 Å². The molecular formula is C13H23N3O2. The van der Waals surface area contributed by atoms with Crippen LogP contribution in [0.25, 0.3) is 0 Å². The molecule has 1 unspecified atom stereocenters. The van der Waals surface area contributed by atoms with Gasteiger partial charge in [0.25, 0.3) is 0 Å². The fourth-order valence-corrected chi connectivity index (χ4v) is 1.25. The van der Waals surface area contributed by atoms with Gasteiger partial charge in [0, 0.05) is 13.2 Å². The molecular weight excluding hydrogens is 230 g/mol. The van der Waals surface area contributed by atoms with Crippen LogP contribution in [0.4, 0.5) is 11.5 Å². The van der Waals surface area contributed by atoms with Crippen molar-refractivity contribution in [2.75, 3.05) is 30.8 Å². The molecule has 1 heterocycles. The van der Waals surface area contributed by atoms with Crippen molar-refractivity contribution < 1.29 is 9.84 Å². The maximum atomic E-state index is 8.95. The van der Waals surface area contributed by atoms with E-state index in [1.807, 2.05) is 13.0 Å². The average molecular weight is 253 g/mol. The largest absolute Gasteiger partial charge is 0.476 e. The van der Waals surface area contributed by atoms with Crippen molar-refractivity contribution in [2.24, 2.45) is 11.8 Å². The van der Waals surface area contributed by atoms with Crippen LogP contribution in [0.3, 0.4) is 0 Å². The Morgan fingerprint density at radius 2 is 2.11 bits per heavy atom. The molecule has 0 saturated heterocycles. The number of hydrogen-bond acceptors (Lipinski definition) is 5. The van der Waals surface area contributed by atoms with Gasteiger partial charge in [-0.25, -0.2) is 0 Å². The zero-order valence-corrected chi connectivity index (χ0v) is 11.3. The molecule has 0 aromatic carbocycles. The van der Waals surface area contributed by atoms with Crippen molar-refractivity contribution in [1.29, 1.82) is 0 Å². The fraction of sp³-hybridized carbons (Fsp3) is 0.615. The van der Waals surface area contributed by atoms with Gasteiger partial charge < -0.3 is 20.9 Å². The average Bonchev–Trinajstić information content (AvgIpc) is 2.35. The first kappa shape index (κ1) is 14.6. The molecule has 102 valence electrons. The minimum atomic E-state index is 0.151. The van der Waals surface area contributed by atoms with Crippen LogP contribution in [0.5, 0.6) is 5.88 Å². The molecule has 5 heteroatoms. The highest BCUT2D eigenvalue weighted by atomic mass is 16.5. The number of nitrogens with one attached hydrogen (secondary N) is 1. The molecule has 1 aromatic rings. The summed E-state index contributed by atoms with van der Waals surface area (Å²) in [6.45, 7) is 7.51. The second-order valence-electron chi connectivity index (χ2n) is 4.96. The third kappa shape index (κ3) is 4.79. The SMILES string of the molecule is CC(C)COc1nc(NCC(C)CO)ccc1N. The molecule has 4 N–H and O–H groups in total. The number of aliphatic hydroxyl groups is 1. The van der Waals surface area contributed by atoms with E-state index in [9.17, 15) is 0 Å². The summed E-state index contributed by atoms with van der Waals surface area (Å²) in [5, 5.41) is 12.1. The lowest BCUT2D eigenvalue weighted by molar-refractivity contribution is 0.244. The van der Waals surface area contributed by atoms with Crippen molar-refractivity contribution in [2.45, 2.75) is 20.8 Å². The normalized spacial score (nSPS) is 12.5. The minimum Gasteiger partial charge on any atom is -0.476 e. The molecule has 0 aliphatic carbocycles. The number of anilines is 2. The van der Waals surface area contributed by atoms with Crippen molar-refractivity contribution in [3.8, 4) is 5.88 Å². The molecule has 0 amide bonds. The first-order valence-corrected chi connectivity index (χ1v) is 6.27. The van der Waals surface area contributed by atoms with Gasteiger partial charge in [-0.3, -0.25) is 0 Å². The third-order valence-corrected chi connectivity index (χ3v) is 2.39. The standard InChI is InChI=1S/C13H23N3O2/c1-9(2)8-18-13-11(14)4-5-12(16-13)15-6-10(3)7-17/h4-5,9-10,17H,6-8,14H2,1-3H3,(H,15,16). The number of nitrogens with two attached hydrogens (primary N) is 1. The van der Waals surface area contributed by atoms with Gasteiger partial charge in [0.15, 0.2) is 0 Å². The van der Waals surface area contributed by atoms with Crippen LogP contribution < -0.4 is 15.8 Å². The predicted molar refractivity (Wildman–Crippen MR) is 73.7 cm³/mol. The number of nitrogens with zero attached hydrogens (tertiary/aromatic N) is 1. The van der Waals surface area contributed by atoms with Crippen LogP contribution in [0.15, 0.2) is 12.1 Å². The molecule has 0 aliphatic rings. The summed E-state index contributed by atoms with van der Waals surface area (Å²) in [6.07, 6.45) is 0. The van der Waals surface area contributed by atoms with E-state index >= 15 is 0 Å². The monoisotopic (exact) mass is 253 g/mol. The number of ether oxygens (including phenoxy) is 1. The van der Waals surface area contributed by atoms with Crippen LogP contribution in [-0.4, -0.2) is 29.8 Å². The lowest BCUT2D eigenvalue weighted by Crippen LogP contribution is -2.15. The van der Waals surface area contributed by atoms with Crippen molar-refractivity contribution in [3.63, 3.8) is 0 Å². The second kappa shape index (κ2) is 7.06. The van der Waals surface area contributed by atoms with Gasteiger partial charge in [-0.2, -0.15) is 4.98 Å². The number of aliphatic hydroxyl groups excluding tert-OH is 1. The zero-order chi connectivity index (χ0) is 13.5. The lowest BCUT2D eigenvalue weighted by atomic mass is 10.2. The van der Waals surface area contributed by atoms with Crippen LogP contribution in [-0.2, 0) is 0 Å². The van der Waals surface area contributed by atoms with Crippen LogP contribution in [0.1, 0.15) is 20.8 Å². The summed E-state index contributed by atoms with van der Waals surface area (Å²) in [5.41, 5.74) is 6.34. The molecule has 1 rings (SSSR count). The number of aromatic nitrogens is 1. The molecule has 1 atom stereocenters. The number of nitrogen functional groups attached to an aromatic ring is 1. The van der Waals surface area contributed by atoms with E-state index < -0.39 is 0 Å². The number of rotatable bonds is 7. The van der Waals surface area contributed by atoms with E-state index in [1.165, 1.54) is 0 Å². The van der Waals surface area contributed by atoms with Crippen molar-refractivity contribution >= 4 is 11.5 Å². The smallest absolute Gasteiger partial charge is 0.239 e. The van der Waals surface area contributed by atoms with Gasteiger partial charge in [-0.15, -0.1) is 0 Å². The Kier molecular flexibility index (Phi) is 5.71. The maximum absolute atomic E-state index is 8.95. The van der Waals surface area contributed by atoms with Crippen LogP contribution in [0, 0.1) is 11.8 Å². The zero-order valence-electron chi connectivity index (χ0n) is 11.3. The predicted octanol–water partition coefficient (Wildman–Crippen LogP) is 1.74. The topological polar surface area (TPSA) is 80.4 Å².